The van der Waals surface area contributed by atoms with Crippen molar-refractivity contribution in [3.63, 3.8) is 0 Å². The van der Waals surface area contributed by atoms with Crippen molar-refractivity contribution in [1.82, 2.24) is 0 Å². The van der Waals surface area contributed by atoms with Crippen LogP contribution in [0.25, 0.3) is 0 Å². The summed E-state index contributed by atoms with van der Waals surface area (Å²) >= 11 is 0. The van der Waals surface area contributed by atoms with E-state index >= 15 is 0 Å². The summed E-state index contributed by atoms with van der Waals surface area (Å²) in [5, 5.41) is 14.2. The van der Waals surface area contributed by atoms with E-state index in [1.165, 1.54) is 11.6 Å². The first-order valence-electron chi connectivity index (χ1n) is 6.39. The van der Waals surface area contributed by atoms with Crippen molar-refractivity contribution >= 4 is 22.7 Å². The van der Waals surface area contributed by atoms with E-state index in [9.17, 15) is 10.1 Å². The first-order valence-corrected chi connectivity index (χ1v) is 6.39. The summed E-state index contributed by atoms with van der Waals surface area (Å²) < 4.78 is 0. The topological polar surface area (TPSA) is 81.2 Å². The predicted molar refractivity (Wildman–Crippen MR) is 81.3 cm³/mol. The van der Waals surface area contributed by atoms with Crippen LogP contribution < -0.4 is 11.1 Å². The van der Waals surface area contributed by atoms with Gasteiger partial charge in [0.25, 0.3) is 0 Å². The number of hydrogen-bond acceptors (Lipinski definition) is 4. The first-order chi connectivity index (χ1) is 9.49. The largest absolute Gasteiger partial charge is 0.393 e. The van der Waals surface area contributed by atoms with Crippen molar-refractivity contribution in [2.75, 3.05) is 11.1 Å². The number of nitro benzene ring substituents is 1. The highest BCUT2D eigenvalue weighted by Gasteiger charge is 2.17. The molecule has 0 heterocycles. The van der Waals surface area contributed by atoms with Crippen LogP contribution in [0.15, 0.2) is 42.5 Å². The molecule has 0 amide bonds. The highest BCUT2D eigenvalue weighted by atomic mass is 16.6. The Labute approximate surface area is 117 Å². The van der Waals surface area contributed by atoms with Crippen molar-refractivity contribution in [2.24, 2.45) is 0 Å². The summed E-state index contributed by atoms with van der Waals surface area (Å²) in [6.45, 7) is 4.20. The molecular formula is C15H17N3O2. The molecule has 5 nitrogen and oxygen atoms in total. The number of anilines is 3. The molecule has 0 atom stereocenters. The lowest BCUT2D eigenvalue weighted by Crippen LogP contribution is -2.01. The van der Waals surface area contributed by atoms with E-state index in [4.69, 9.17) is 5.73 Å². The monoisotopic (exact) mass is 271 g/mol. The van der Waals surface area contributed by atoms with E-state index in [1.54, 1.807) is 12.1 Å². The normalized spacial score (nSPS) is 10.6. The molecule has 0 spiro atoms. The molecule has 104 valence electrons. The van der Waals surface area contributed by atoms with E-state index < -0.39 is 4.92 Å². The van der Waals surface area contributed by atoms with Crippen LogP contribution in [0.2, 0.25) is 0 Å². The fraction of sp³-hybridized carbons (Fsp3) is 0.200. The minimum absolute atomic E-state index is 0.0950. The van der Waals surface area contributed by atoms with Crippen molar-refractivity contribution in [2.45, 2.75) is 19.8 Å². The molecule has 2 rings (SSSR count). The van der Waals surface area contributed by atoms with Crippen LogP contribution >= 0.6 is 0 Å². The van der Waals surface area contributed by atoms with Crippen LogP contribution in [0.5, 0.6) is 0 Å². The molecule has 20 heavy (non-hydrogen) atoms. The zero-order chi connectivity index (χ0) is 14.7. The van der Waals surface area contributed by atoms with Gasteiger partial charge in [-0.2, -0.15) is 0 Å². The average molecular weight is 271 g/mol. The number of hydrogen-bond donors (Lipinski definition) is 2. The quantitative estimate of drug-likeness (QED) is 0.499. The lowest BCUT2D eigenvalue weighted by atomic mass is 10.0. The van der Waals surface area contributed by atoms with Crippen molar-refractivity contribution in [3.8, 4) is 0 Å². The molecule has 2 aromatic rings. The second-order valence-electron chi connectivity index (χ2n) is 4.91. The number of nitrogen functional groups attached to an aromatic ring is 1. The van der Waals surface area contributed by atoms with Crippen molar-refractivity contribution < 1.29 is 4.92 Å². The summed E-state index contributed by atoms with van der Waals surface area (Å²) in [5.74, 6) is 0.396. The smallest absolute Gasteiger partial charge is 0.315 e. The minimum Gasteiger partial charge on any atom is -0.393 e. The second-order valence-corrected chi connectivity index (χ2v) is 4.91. The van der Waals surface area contributed by atoms with Gasteiger partial charge >= 0.3 is 5.69 Å². The van der Waals surface area contributed by atoms with Gasteiger partial charge in [0.1, 0.15) is 11.4 Å². The van der Waals surface area contributed by atoms with Crippen LogP contribution in [0.4, 0.5) is 22.7 Å². The van der Waals surface area contributed by atoms with E-state index in [-0.39, 0.29) is 11.4 Å². The summed E-state index contributed by atoms with van der Waals surface area (Å²) in [6.07, 6.45) is 0. The summed E-state index contributed by atoms with van der Waals surface area (Å²) in [5.41, 5.74) is 8.11. The van der Waals surface area contributed by atoms with Crippen LogP contribution in [0, 0.1) is 10.1 Å². The SMILES string of the molecule is CC(C)c1cccc(Nc2cccc(N)c2[N+](=O)[O-])c1. The highest BCUT2D eigenvalue weighted by Crippen LogP contribution is 2.33. The van der Waals surface area contributed by atoms with Gasteiger partial charge in [-0.05, 0) is 35.7 Å². The van der Waals surface area contributed by atoms with Gasteiger partial charge < -0.3 is 11.1 Å². The molecule has 2 aromatic carbocycles. The van der Waals surface area contributed by atoms with Gasteiger partial charge in [-0.3, -0.25) is 10.1 Å². The molecule has 0 aliphatic carbocycles. The lowest BCUT2D eigenvalue weighted by molar-refractivity contribution is -0.383. The zero-order valence-electron chi connectivity index (χ0n) is 11.5. The highest BCUT2D eigenvalue weighted by molar-refractivity contribution is 5.78. The van der Waals surface area contributed by atoms with Gasteiger partial charge in [-0.15, -0.1) is 0 Å². The molecule has 0 bridgehead atoms. The Morgan fingerprint density at radius 2 is 1.90 bits per heavy atom. The number of nitrogens with one attached hydrogen (secondary N) is 1. The van der Waals surface area contributed by atoms with E-state index in [0.717, 1.165) is 5.69 Å². The molecule has 0 saturated carbocycles. The zero-order valence-corrected chi connectivity index (χ0v) is 11.5. The maximum Gasteiger partial charge on any atom is 0.315 e. The van der Waals surface area contributed by atoms with E-state index in [2.05, 4.69) is 19.2 Å². The maximum absolute atomic E-state index is 11.1. The Balaban J connectivity index is 2.38. The van der Waals surface area contributed by atoms with Crippen LogP contribution in [0.1, 0.15) is 25.3 Å². The Hall–Kier alpha value is -2.56. The van der Waals surface area contributed by atoms with E-state index in [1.807, 2.05) is 24.3 Å². The number of nitrogens with zero attached hydrogens (tertiary/aromatic N) is 1. The fourth-order valence-corrected chi connectivity index (χ4v) is 2.00. The summed E-state index contributed by atoms with van der Waals surface area (Å²) in [7, 11) is 0. The Morgan fingerprint density at radius 3 is 2.55 bits per heavy atom. The molecule has 0 radical (unpaired) electrons. The third kappa shape index (κ3) is 2.88. The van der Waals surface area contributed by atoms with Crippen LogP contribution in [-0.4, -0.2) is 4.92 Å². The molecule has 0 unspecified atom stereocenters. The van der Waals surface area contributed by atoms with E-state index in [0.29, 0.717) is 11.6 Å². The third-order valence-electron chi connectivity index (χ3n) is 3.08. The first kappa shape index (κ1) is 13.9. The Bertz CT molecular complexity index is 639. The molecule has 0 saturated heterocycles. The van der Waals surface area contributed by atoms with Gasteiger partial charge in [0.2, 0.25) is 0 Å². The molecule has 0 aliphatic heterocycles. The summed E-state index contributed by atoms with van der Waals surface area (Å²) in [6, 6.07) is 12.7. The maximum atomic E-state index is 11.1. The predicted octanol–water partition coefficient (Wildman–Crippen LogP) is 4.04. The standard InChI is InChI=1S/C15H17N3O2/c1-10(2)11-5-3-6-12(9-11)17-14-8-4-7-13(16)15(14)18(19)20/h3-10,17H,16H2,1-2H3. The number of para-hydroxylation sites is 1. The Kier molecular flexibility index (Phi) is 3.89. The second kappa shape index (κ2) is 5.61. The lowest BCUT2D eigenvalue weighted by Gasteiger charge is -2.11. The third-order valence-corrected chi connectivity index (χ3v) is 3.08. The van der Waals surface area contributed by atoms with Gasteiger partial charge in [0.05, 0.1) is 4.92 Å². The Morgan fingerprint density at radius 1 is 1.20 bits per heavy atom. The molecule has 0 fully saturated rings. The van der Waals surface area contributed by atoms with Gasteiger partial charge in [-0.1, -0.05) is 32.0 Å². The average Bonchev–Trinajstić information content (AvgIpc) is 2.38. The van der Waals surface area contributed by atoms with Gasteiger partial charge in [0, 0.05) is 5.69 Å². The number of nitro groups is 1. The molecular weight excluding hydrogens is 254 g/mol. The number of rotatable bonds is 4. The van der Waals surface area contributed by atoms with Crippen molar-refractivity contribution in [3.05, 3.63) is 58.1 Å². The number of benzene rings is 2. The number of nitrogens with two attached hydrogens (primary N) is 1. The van der Waals surface area contributed by atoms with Crippen LogP contribution in [-0.2, 0) is 0 Å². The van der Waals surface area contributed by atoms with Gasteiger partial charge in [0.15, 0.2) is 0 Å². The molecule has 0 aliphatic rings. The fourth-order valence-electron chi connectivity index (χ4n) is 2.00. The molecule has 5 heteroatoms. The molecule has 0 aromatic heterocycles. The van der Waals surface area contributed by atoms with Crippen LogP contribution in [0.3, 0.4) is 0 Å². The summed E-state index contributed by atoms with van der Waals surface area (Å²) in [4.78, 5) is 10.6. The van der Waals surface area contributed by atoms with Gasteiger partial charge in [-0.25, -0.2) is 0 Å². The minimum atomic E-state index is -0.468. The molecule has 3 N–H and O–H groups in total. The van der Waals surface area contributed by atoms with Crippen molar-refractivity contribution in [1.29, 1.82) is 0 Å².